The first kappa shape index (κ1) is 16.0. The van der Waals surface area contributed by atoms with Gasteiger partial charge in [0.1, 0.15) is 5.75 Å². The first-order valence-electron chi connectivity index (χ1n) is 8.12. The second kappa shape index (κ2) is 8.14. The van der Waals surface area contributed by atoms with Crippen molar-refractivity contribution in [2.24, 2.45) is 4.99 Å². The number of benzene rings is 2. The van der Waals surface area contributed by atoms with Crippen LogP contribution in [0.5, 0.6) is 5.75 Å². The second-order valence-corrected chi connectivity index (χ2v) is 5.68. The molecule has 24 heavy (non-hydrogen) atoms. The zero-order valence-electron chi connectivity index (χ0n) is 13.5. The number of ether oxygens (including phenoxy) is 1. The molecule has 0 radical (unpaired) electrons. The minimum absolute atomic E-state index is 0.178. The van der Waals surface area contributed by atoms with Gasteiger partial charge < -0.3 is 4.74 Å². The van der Waals surface area contributed by atoms with Crippen molar-refractivity contribution in [3.63, 3.8) is 0 Å². The largest absolute Gasteiger partial charge is 0.425 e. The lowest BCUT2D eigenvalue weighted by Gasteiger charge is -2.16. The van der Waals surface area contributed by atoms with E-state index in [1.165, 1.54) is 12.8 Å². The SMILES string of the molecule is N#CNC(=Nc1ccccc1CN1CCCC1)Oc1ccccc1. The molecular formula is C19H20N4O. The monoisotopic (exact) mass is 320 g/mol. The molecule has 5 nitrogen and oxygen atoms in total. The van der Waals surface area contributed by atoms with E-state index in [1.54, 1.807) is 0 Å². The van der Waals surface area contributed by atoms with Gasteiger partial charge in [-0.3, -0.25) is 4.90 Å². The number of amidine groups is 1. The highest BCUT2D eigenvalue weighted by molar-refractivity contribution is 5.81. The maximum absolute atomic E-state index is 8.96. The Balaban J connectivity index is 1.82. The molecule has 1 N–H and O–H groups in total. The molecule has 0 bridgehead atoms. The van der Waals surface area contributed by atoms with Crippen LogP contribution in [0.4, 0.5) is 5.69 Å². The fourth-order valence-corrected chi connectivity index (χ4v) is 2.77. The number of nitriles is 1. The van der Waals surface area contributed by atoms with Gasteiger partial charge in [-0.15, -0.1) is 0 Å². The third-order valence-electron chi connectivity index (χ3n) is 3.93. The van der Waals surface area contributed by atoms with Gasteiger partial charge in [-0.2, -0.15) is 10.3 Å². The van der Waals surface area contributed by atoms with Gasteiger partial charge in [-0.05, 0) is 49.7 Å². The van der Waals surface area contributed by atoms with Crippen LogP contribution in [0.2, 0.25) is 0 Å². The van der Waals surface area contributed by atoms with Crippen molar-refractivity contribution in [1.82, 2.24) is 10.2 Å². The van der Waals surface area contributed by atoms with Gasteiger partial charge in [0.25, 0.3) is 0 Å². The molecule has 2 aromatic rings. The van der Waals surface area contributed by atoms with Crippen LogP contribution in [0.3, 0.4) is 0 Å². The Bertz CT molecular complexity index is 731. The summed E-state index contributed by atoms with van der Waals surface area (Å²) >= 11 is 0. The quantitative estimate of drug-likeness (QED) is 0.406. The molecule has 1 heterocycles. The number of nitrogens with zero attached hydrogens (tertiary/aromatic N) is 3. The Hall–Kier alpha value is -2.84. The fraction of sp³-hybridized carbons (Fsp3) is 0.263. The average molecular weight is 320 g/mol. The molecule has 0 spiro atoms. The van der Waals surface area contributed by atoms with Crippen LogP contribution in [-0.2, 0) is 6.54 Å². The van der Waals surface area contributed by atoms with Crippen molar-refractivity contribution in [3.8, 4) is 11.9 Å². The predicted octanol–water partition coefficient (Wildman–Crippen LogP) is 3.42. The summed E-state index contributed by atoms with van der Waals surface area (Å²) in [7, 11) is 0. The fourth-order valence-electron chi connectivity index (χ4n) is 2.77. The van der Waals surface area contributed by atoms with Crippen molar-refractivity contribution >= 4 is 11.7 Å². The number of rotatable bonds is 4. The Morgan fingerprint density at radius 2 is 1.79 bits per heavy atom. The molecule has 0 saturated carbocycles. The van der Waals surface area contributed by atoms with Gasteiger partial charge >= 0.3 is 6.02 Å². The topological polar surface area (TPSA) is 60.7 Å². The molecule has 1 aliphatic heterocycles. The van der Waals surface area contributed by atoms with E-state index < -0.39 is 0 Å². The van der Waals surface area contributed by atoms with E-state index >= 15 is 0 Å². The van der Waals surface area contributed by atoms with Gasteiger partial charge in [0.05, 0.1) is 5.69 Å². The molecule has 0 amide bonds. The zero-order valence-corrected chi connectivity index (χ0v) is 13.5. The normalized spacial score (nSPS) is 15.0. The van der Waals surface area contributed by atoms with E-state index in [9.17, 15) is 0 Å². The van der Waals surface area contributed by atoms with E-state index in [2.05, 4.69) is 21.3 Å². The van der Waals surface area contributed by atoms with Crippen LogP contribution >= 0.6 is 0 Å². The molecule has 1 saturated heterocycles. The highest BCUT2D eigenvalue weighted by Gasteiger charge is 2.14. The van der Waals surface area contributed by atoms with E-state index in [1.807, 2.05) is 54.7 Å². The molecule has 2 aromatic carbocycles. The molecule has 1 aliphatic rings. The number of hydrogen-bond donors (Lipinski definition) is 1. The molecule has 0 aliphatic carbocycles. The third kappa shape index (κ3) is 4.34. The number of nitrogens with one attached hydrogen (secondary N) is 1. The maximum Gasteiger partial charge on any atom is 0.309 e. The predicted molar refractivity (Wildman–Crippen MR) is 93.9 cm³/mol. The van der Waals surface area contributed by atoms with Crippen molar-refractivity contribution in [3.05, 3.63) is 60.2 Å². The summed E-state index contributed by atoms with van der Waals surface area (Å²) in [6.45, 7) is 3.12. The number of likely N-dealkylation sites (tertiary alicyclic amines) is 1. The molecule has 1 fully saturated rings. The molecule has 0 atom stereocenters. The van der Waals surface area contributed by atoms with Crippen LogP contribution in [0.25, 0.3) is 0 Å². The Kier molecular flexibility index (Phi) is 5.44. The molecule has 0 aromatic heterocycles. The van der Waals surface area contributed by atoms with Gasteiger partial charge in [-0.1, -0.05) is 36.4 Å². The zero-order chi connectivity index (χ0) is 16.6. The number of para-hydroxylation sites is 2. The van der Waals surface area contributed by atoms with Crippen LogP contribution in [0.15, 0.2) is 59.6 Å². The molecule has 122 valence electrons. The van der Waals surface area contributed by atoms with Crippen molar-refractivity contribution in [2.45, 2.75) is 19.4 Å². The number of hydrogen-bond acceptors (Lipinski definition) is 4. The molecule has 0 unspecified atom stereocenters. The summed E-state index contributed by atoms with van der Waals surface area (Å²) in [5.41, 5.74) is 1.95. The van der Waals surface area contributed by atoms with E-state index in [0.717, 1.165) is 30.9 Å². The summed E-state index contributed by atoms with van der Waals surface area (Å²) in [5.74, 6) is 0.635. The summed E-state index contributed by atoms with van der Waals surface area (Å²) in [6.07, 6.45) is 4.39. The molecule has 5 heteroatoms. The van der Waals surface area contributed by atoms with E-state index in [0.29, 0.717) is 5.75 Å². The molecule has 3 rings (SSSR count). The standard InChI is InChI=1S/C19H20N4O/c20-15-21-19(24-17-9-2-1-3-10-17)22-18-11-5-4-8-16(18)14-23-12-6-7-13-23/h1-5,8-11H,6-7,12-14H2,(H,21,22). The van der Waals surface area contributed by atoms with Gasteiger partial charge in [0, 0.05) is 6.54 Å². The smallest absolute Gasteiger partial charge is 0.309 e. The van der Waals surface area contributed by atoms with E-state index in [4.69, 9.17) is 10.00 Å². The first-order chi connectivity index (χ1) is 11.8. The summed E-state index contributed by atoms with van der Waals surface area (Å²) in [4.78, 5) is 6.94. The third-order valence-corrected chi connectivity index (χ3v) is 3.93. The summed E-state index contributed by atoms with van der Waals surface area (Å²) < 4.78 is 5.69. The van der Waals surface area contributed by atoms with Crippen molar-refractivity contribution in [1.29, 1.82) is 5.26 Å². The van der Waals surface area contributed by atoms with Crippen molar-refractivity contribution < 1.29 is 4.74 Å². The van der Waals surface area contributed by atoms with Crippen LogP contribution in [0.1, 0.15) is 18.4 Å². The minimum Gasteiger partial charge on any atom is -0.425 e. The van der Waals surface area contributed by atoms with Gasteiger partial charge in [-0.25, -0.2) is 5.32 Å². The molecular weight excluding hydrogens is 300 g/mol. The highest BCUT2D eigenvalue weighted by Crippen LogP contribution is 2.23. The average Bonchev–Trinajstić information content (AvgIpc) is 3.11. The number of aliphatic imine (C=N–C) groups is 1. The Morgan fingerprint density at radius 3 is 2.54 bits per heavy atom. The summed E-state index contributed by atoms with van der Waals surface area (Å²) in [5, 5.41) is 11.5. The van der Waals surface area contributed by atoms with Crippen LogP contribution in [0, 0.1) is 11.5 Å². The summed E-state index contributed by atoms with van der Waals surface area (Å²) in [6, 6.07) is 17.5. The minimum atomic E-state index is 0.178. The lowest BCUT2D eigenvalue weighted by atomic mass is 10.1. The van der Waals surface area contributed by atoms with Crippen LogP contribution in [-0.4, -0.2) is 24.0 Å². The van der Waals surface area contributed by atoms with Crippen LogP contribution < -0.4 is 10.1 Å². The Morgan fingerprint density at radius 1 is 1.08 bits per heavy atom. The first-order valence-corrected chi connectivity index (χ1v) is 8.12. The van der Waals surface area contributed by atoms with Gasteiger partial charge in [0.15, 0.2) is 6.19 Å². The van der Waals surface area contributed by atoms with Crippen molar-refractivity contribution in [2.75, 3.05) is 13.1 Å². The van der Waals surface area contributed by atoms with E-state index in [-0.39, 0.29) is 6.02 Å². The highest BCUT2D eigenvalue weighted by atomic mass is 16.5. The Labute approximate surface area is 142 Å². The van der Waals surface area contributed by atoms with Gasteiger partial charge in [0.2, 0.25) is 0 Å². The maximum atomic E-state index is 8.96. The lowest BCUT2D eigenvalue weighted by Crippen LogP contribution is -2.24. The lowest BCUT2D eigenvalue weighted by molar-refractivity contribution is 0.332. The second-order valence-electron chi connectivity index (χ2n) is 5.68.